The van der Waals surface area contributed by atoms with Crippen LogP contribution in [0.1, 0.15) is 13.8 Å². The summed E-state index contributed by atoms with van der Waals surface area (Å²) in [5, 5.41) is 17.5. The van der Waals surface area contributed by atoms with Crippen LogP contribution in [-0.2, 0) is 14.3 Å². The second-order valence-electron chi connectivity index (χ2n) is 6.88. The molecule has 0 radical (unpaired) electrons. The maximum Gasteiger partial charge on any atom is 0.346 e. The molecule has 0 saturated carbocycles. The molecule has 32 heavy (non-hydrogen) atoms. The summed E-state index contributed by atoms with van der Waals surface area (Å²) in [6, 6.07) is 15.3. The number of esters is 1. The lowest BCUT2D eigenvalue weighted by atomic mass is 10.2. The number of ether oxygens (including phenoxy) is 1. The van der Waals surface area contributed by atoms with Crippen LogP contribution < -0.4 is 9.91 Å². The number of allylic oxidation sites excluding steroid dienone is 1. The first-order valence-electron chi connectivity index (χ1n) is 9.45. The van der Waals surface area contributed by atoms with Gasteiger partial charge in [-0.15, -0.1) is 0 Å². The lowest BCUT2D eigenvalue weighted by Crippen LogP contribution is -2.49. The minimum Gasteiger partial charge on any atom is -0.465 e. The summed E-state index contributed by atoms with van der Waals surface area (Å²) in [5.74, 6) is -0.720. The first-order chi connectivity index (χ1) is 15.3. The zero-order valence-corrected chi connectivity index (χ0v) is 19.0. The normalized spacial score (nSPS) is 20.0. The first-order valence-corrected chi connectivity index (χ1v) is 11.1. The number of hydrogen-bond acceptors (Lipinski definition) is 10. The van der Waals surface area contributed by atoms with E-state index < -0.39 is 15.2 Å². The van der Waals surface area contributed by atoms with Gasteiger partial charge in [0.05, 0.1) is 17.7 Å². The number of carbonyl (C=O) groups is 2. The van der Waals surface area contributed by atoms with Crippen molar-refractivity contribution < 1.29 is 19.2 Å². The third-order valence-corrected chi connectivity index (χ3v) is 7.83. The number of ketones is 1. The van der Waals surface area contributed by atoms with Gasteiger partial charge in [-0.05, 0) is 43.0 Å². The number of hydrazone groups is 1. The summed E-state index contributed by atoms with van der Waals surface area (Å²) >= 11 is 2.43. The molecule has 0 bridgehead atoms. The number of thioether (sulfide) groups is 2. The van der Waals surface area contributed by atoms with Gasteiger partial charge in [0.25, 0.3) is 5.69 Å². The minimum atomic E-state index is -1.08. The number of nitrogens with zero attached hydrogens (tertiary/aromatic N) is 4. The standard InChI is InChI=1S/C21H18N4O5S2/c1-13-18(20(27)30-3)31-21(23(13)15-7-5-4-6-8-15)24(22-19(32-21)14(2)26)16-9-11-17(12-10-16)25(28)29/h4-12H,1-3H3/t21-/m1/s1. The number of Topliss-reactive ketones (excluding diaryl/α,β-unsaturated/α-hetero) is 1. The number of nitro groups is 1. The zero-order valence-electron chi connectivity index (χ0n) is 17.3. The SMILES string of the molecule is COC(=O)C1=C(C)N(c2ccccc2)[C@]2(SC(C(C)=O)=NN2c2ccc([N+](=O)[O-])cc2)S1. The van der Waals surface area contributed by atoms with Crippen molar-refractivity contribution in [3.05, 3.63) is 75.3 Å². The Morgan fingerprint density at radius 3 is 2.28 bits per heavy atom. The highest BCUT2D eigenvalue weighted by Crippen LogP contribution is 2.60. The maximum atomic E-state index is 12.6. The van der Waals surface area contributed by atoms with E-state index in [4.69, 9.17) is 4.74 Å². The number of para-hydroxylation sites is 1. The summed E-state index contributed by atoms with van der Waals surface area (Å²) in [5.41, 5.74) is 1.91. The summed E-state index contributed by atoms with van der Waals surface area (Å²) in [6.45, 7) is 3.23. The van der Waals surface area contributed by atoms with Gasteiger partial charge >= 0.3 is 5.97 Å². The third kappa shape index (κ3) is 3.53. The van der Waals surface area contributed by atoms with Crippen molar-refractivity contribution in [2.45, 2.75) is 18.2 Å². The molecular formula is C21H18N4O5S2. The Morgan fingerprint density at radius 2 is 1.72 bits per heavy atom. The number of nitro benzene ring substituents is 1. The Kier molecular flexibility index (Phi) is 5.70. The fourth-order valence-corrected chi connectivity index (χ4v) is 6.38. The van der Waals surface area contributed by atoms with Crippen molar-refractivity contribution in [2.75, 3.05) is 17.0 Å². The van der Waals surface area contributed by atoms with Crippen LogP contribution in [0.4, 0.5) is 17.1 Å². The van der Waals surface area contributed by atoms with Gasteiger partial charge in [0, 0.05) is 30.4 Å². The minimum absolute atomic E-state index is 0.0611. The third-order valence-electron chi connectivity index (χ3n) is 4.86. The van der Waals surface area contributed by atoms with Gasteiger partial charge in [0.2, 0.25) is 4.33 Å². The van der Waals surface area contributed by atoms with E-state index in [-0.39, 0.29) is 16.5 Å². The molecule has 1 spiro atoms. The van der Waals surface area contributed by atoms with E-state index >= 15 is 0 Å². The number of non-ortho nitro benzene ring substituents is 1. The second-order valence-corrected chi connectivity index (χ2v) is 9.48. The fourth-order valence-electron chi connectivity index (χ4n) is 3.41. The molecule has 164 valence electrons. The van der Waals surface area contributed by atoms with Crippen molar-refractivity contribution in [3.63, 3.8) is 0 Å². The average molecular weight is 471 g/mol. The molecule has 0 unspecified atom stereocenters. The fraction of sp³-hybridized carbons (Fsp3) is 0.190. The van der Waals surface area contributed by atoms with Crippen LogP contribution in [-0.4, -0.2) is 33.2 Å². The molecule has 0 amide bonds. The summed E-state index contributed by atoms with van der Waals surface area (Å²) in [6.07, 6.45) is 0. The number of rotatable bonds is 5. The van der Waals surface area contributed by atoms with E-state index in [0.29, 0.717) is 16.3 Å². The summed E-state index contributed by atoms with van der Waals surface area (Å²) in [7, 11) is 1.31. The van der Waals surface area contributed by atoms with Gasteiger partial charge in [0.15, 0.2) is 10.8 Å². The Hall–Kier alpha value is -3.31. The number of anilines is 2. The van der Waals surface area contributed by atoms with E-state index in [9.17, 15) is 19.7 Å². The lowest BCUT2D eigenvalue weighted by Gasteiger charge is -2.41. The molecule has 2 aromatic rings. The van der Waals surface area contributed by atoms with E-state index in [0.717, 1.165) is 5.69 Å². The molecule has 0 N–H and O–H groups in total. The van der Waals surface area contributed by atoms with Gasteiger partial charge < -0.3 is 9.64 Å². The van der Waals surface area contributed by atoms with Crippen LogP contribution >= 0.6 is 23.5 Å². The highest BCUT2D eigenvalue weighted by molar-refractivity contribution is 8.29. The Labute approximate surface area is 192 Å². The quantitative estimate of drug-likeness (QED) is 0.359. The topological polar surface area (TPSA) is 105 Å². The Morgan fingerprint density at radius 1 is 1.06 bits per heavy atom. The number of hydrogen-bond donors (Lipinski definition) is 0. The van der Waals surface area contributed by atoms with Crippen LogP contribution in [0.5, 0.6) is 0 Å². The molecule has 0 aromatic heterocycles. The second kappa shape index (κ2) is 8.32. The molecular weight excluding hydrogens is 452 g/mol. The van der Waals surface area contributed by atoms with Crippen LogP contribution in [0, 0.1) is 10.1 Å². The predicted octanol–water partition coefficient (Wildman–Crippen LogP) is 4.32. The molecule has 0 saturated heterocycles. The lowest BCUT2D eigenvalue weighted by molar-refractivity contribution is -0.384. The maximum absolute atomic E-state index is 12.6. The molecule has 4 rings (SSSR count). The van der Waals surface area contributed by atoms with E-state index in [1.165, 1.54) is 49.7 Å². The Balaban J connectivity index is 1.89. The van der Waals surface area contributed by atoms with E-state index in [2.05, 4.69) is 5.10 Å². The van der Waals surface area contributed by atoms with Crippen molar-refractivity contribution in [1.82, 2.24) is 0 Å². The van der Waals surface area contributed by atoms with Gasteiger partial charge in [-0.3, -0.25) is 14.9 Å². The van der Waals surface area contributed by atoms with Crippen LogP contribution in [0.2, 0.25) is 0 Å². The van der Waals surface area contributed by atoms with Crippen LogP contribution in [0.25, 0.3) is 0 Å². The zero-order chi connectivity index (χ0) is 23.0. The van der Waals surface area contributed by atoms with E-state index in [1.807, 2.05) is 35.2 Å². The molecule has 1 atom stereocenters. The highest BCUT2D eigenvalue weighted by Gasteiger charge is 2.57. The van der Waals surface area contributed by atoms with Crippen molar-refractivity contribution in [2.24, 2.45) is 5.10 Å². The van der Waals surface area contributed by atoms with Gasteiger partial charge in [-0.25, -0.2) is 9.80 Å². The summed E-state index contributed by atoms with van der Waals surface area (Å²) in [4.78, 5) is 37.8. The molecule has 2 heterocycles. The number of carbonyl (C=O) groups excluding carboxylic acids is 2. The highest BCUT2D eigenvalue weighted by atomic mass is 32.2. The first kappa shape index (κ1) is 21.9. The number of methoxy groups -OCH3 is 1. The van der Waals surface area contributed by atoms with E-state index in [1.54, 1.807) is 24.1 Å². The largest absolute Gasteiger partial charge is 0.465 e. The predicted molar refractivity (Wildman–Crippen MR) is 125 cm³/mol. The van der Waals surface area contributed by atoms with Gasteiger partial charge in [-0.1, -0.05) is 30.0 Å². The smallest absolute Gasteiger partial charge is 0.346 e. The van der Waals surface area contributed by atoms with Crippen molar-refractivity contribution in [1.29, 1.82) is 0 Å². The molecule has 2 aromatic carbocycles. The molecule has 11 heteroatoms. The summed E-state index contributed by atoms with van der Waals surface area (Å²) < 4.78 is 3.92. The molecule has 2 aliphatic heterocycles. The van der Waals surface area contributed by atoms with Crippen molar-refractivity contribution >= 4 is 57.4 Å². The van der Waals surface area contributed by atoms with Crippen LogP contribution in [0.15, 0.2) is 70.3 Å². The number of benzene rings is 2. The average Bonchev–Trinajstić information content (AvgIpc) is 3.31. The monoisotopic (exact) mass is 470 g/mol. The molecule has 0 aliphatic carbocycles. The van der Waals surface area contributed by atoms with Gasteiger partial charge in [-0.2, -0.15) is 5.10 Å². The Bertz CT molecular complexity index is 1170. The van der Waals surface area contributed by atoms with Crippen LogP contribution in [0.3, 0.4) is 0 Å². The van der Waals surface area contributed by atoms with Gasteiger partial charge in [0.1, 0.15) is 4.91 Å². The van der Waals surface area contributed by atoms with Crippen molar-refractivity contribution in [3.8, 4) is 0 Å². The molecule has 2 aliphatic rings. The molecule has 9 nitrogen and oxygen atoms in total. The molecule has 0 fully saturated rings.